The van der Waals surface area contributed by atoms with Crippen LogP contribution in [0.1, 0.15) is 18.1 Å². The minimum absolute atomic E-state index is 0.0423. The van der Waals surface area contributed by atoms with Crippen molar-refractivity contribution >= 4 is 17.6 Å². The Morgan fingerprint density at radius 2 is 2.03 bits per heavy atom. The number of hydrogen-bond acceptors (Lipinski definition) is 7. The number of H-pyrrole nitrogens is 1. The quantitative estimate of drug-likeness (QED) is 0.527. The molecule has 2 aliphatic rings. The van der Waals surface area contributed by atoms with Crippen LogP contribution >= 0.6 is 0 Å². The highest BCUT2D eigenvalue weighted by Crippen LogP contribution is 2.56. The number of rotatable bonds is 5. The molecular weight excluding hydrogens is 438 g/mol. The molecule has 0 unspecified atom stereocenters. The molecule has 0 fully saturated rings. The molecule has 2 aliphatic heterocycles. The summed E-state index contributed by atoms with van der Waals surface area (Å²) >= 11 is 0. The molecule has 1 atom stereocenters. The Balaban J connectivity index is 1.81. The molecule has 1 aromatic heterocycles. The van der Waals surface area contributed by atoms with Gasteiger partial charge >= 0.3 is 5.97 Å². The number of aromatic amines is 1. The van der Waals surface area contributed by atoms with Gasteiger partial charge < -0.3 is 20.3 Å². The van der Waals surface area contributed by atoms with E-state index >= 15 is 0 Å². The van der Waals surface area contributed by atoms with Crippen molar-refractivity contribution in [3.05, 3.63) is 71.1 Å². The fourth-order valence-electron chi connectivity index (χ4n) is 4.67. The van der Waals surface area contributed by atoms with Gasteiger partial charge in [0.2, 0.25) is 17.7 Å². The van der Waals surface area contributed by atoms with Crippen molar-refractivity contribution in [3.8, 4) is 29.0 Å². The lowest BCUT2D eigenvalue weighted by Crippen LogP contribution is -2.47. The average Bonchev–Trinajstić information content (AvgIpc) is 3.34. The van der Waals surface area contributed by atoms with Gasteiger partial charge in [0, 0.05) is 16.8 Å². The van der Waals surface area contributed by atoms with Crippen molar-refractivity contribution in [2.75, 3.05) is 18.1 Å². The van der Waals surface area contributed by atoms with E-state index in [2.05, 4.69) is 10.2 Å². The number of amides is 1. The van der Waals surface area contributed by atoms with Crippen LogP contribution in [0.15, 0.2) is 60.0 Å². The predicted molar refractivity (Wildman–Crippen MR) is 120 cm³/mol. The summed E-state index contributed by atoms with van der Waals surface area (Å²) < 4.78 is 11.2. The van der Waals surface area contributed by atoms with Crippen molar-refractivity contribution < 1.29 is 24.2 Å². The Kier molecular flexibility index (Phi) is 4.76. The van der Waals surface area contributed by atoms with Crippen LogP contribution in [0.25, 0.3) is 11.3 Å². The molecule has 0 radical (unpaired) electrons. The molecule has 1 amide bonds. The van der Waals surface area contributed by atoms with Crippen LogP contribution in [0.4, 0.5) is 5.69 Å². The fourth-order valence-corrected chi connectivity index (χ4v) is 4.67. The van der Waals surface area contributed by atoms with E-state index in [1.165, 1.54) is 0 Å². The number of nitrogens with one attached hydrogen (secondary N) is 1. The normalized spacial score (nSPS) is 18.4. The summed E-state index contributed by atoms with van der Waals surface area (Å²) in [6.45, 7) is 1.81. The number of fused-ring (bicyclic) bond motifs is 4. The van der Waals surface area contributed by atoms with E-state index < -0.39 is 23.8 Å². The highest BCUT2D eigenvalue weighted by Gasteiger charge is 2.61. The van der Waals surface area contributed by atoms with Gasteiger partial charge in [0.25, 0.3) is 0 Å². The van der Waals surface area contributed by atoms with Gasteiger partial charge in [-0.1, -0.05) is 18.2 Å². The summed E-state index contributed by atoms with van der Waals surface area (Å²) in [5, 5.41) is 26.7. The number of ether oxygens (including phenoxy) is 2. The van der Waals surface area contributed by atoms with Crippen LogP contribution in [0.3, 0.4) is 0 Å². The molecule has 0 saturated heterocycles. The van der Waals surface area contributed by atoms with Crippen LogP contribution in [0.2, 0.25) is 0 Å². The van der Waals surface area contributed by atoms with Crippen LogP contribution in [-0.2, 0) is 15.0 Å². The third-order valence-corrected chi connectivity index (χ3v) is 5.96. The zero-order chi connectivity index (χ0) is 24.0. The number of para-hydroxylation sites is 1. The smallest absolute Gasteiger partial charge is 0.323 e. The molecule has 1 spiro atoms. The number of hydrogen-bond donors (Lipinski definition) is 3. The number of carboxylic acid groups (broad SMARTS) is 1. The first kappa shape index (κ1) is 21.1. The van der Waals surface area contributed by atoms with E-state index in [4.69, 9.17) is 15.2 Å². The lowest BCUT2D eigenvalue weighted by molar-refractivity contribution is -0.136. The minimum Gasteiger partial charge on any atom is -0.494 e. The van der Waals surface area contributed by atoms with Gasteiger partial charge in [-0.2, -0.15) is 5.26 Å². The molecule has 10 nitrogen and oxygen atoms in total. The largest absolute Gasteiger partial charge is 0.494 e. The van der Waals surface area contributed by atoms with Crippen molar-refractivity contribution in [3.63, 3.8) is 0 Å². The summed E-state index contributed by atoms with van der Waals surface area (Å²) in [5.41, 5.74) is 6.47. The van der Waals surface area contributed by atoms with E-state index in [0.717, 1.165) is 4.90 Å². The highest BCUT2D eigenvalue weighted by molar-refractivity contribution is 6.16. The first-order valence-corrected chi connectivity index (χ1v) is 10.5. The molecule has 10 heteroatoms. The molecule has 5 rings (SSSR count). The van der Waals surface area contributed by atoms with Gasteiger partial charge in [-0.3, -0.25) is 19.6 Å². The SMILES string of the molecule is CCOc1ccc(-c2[nH]nc3c2[C@@]2(C(=O)N(CC(=O)O)c4ccccc42)C(C#N)=C(N)O3)cc1. The lowest BCUT2D eigenvalue weighted by atomic mass is 9.68. The monoisotopic (exact) mass is 457 g/mol. The maximum Gasteiger partial charge on any atom is 0.323 e. The third-order valence-electron chi connectivity index (χ3n) is 5.96. The number of aromatic nitrogens is 2. The number of benzene rings is 2. The Hall–Kier alpha value is -4.78. The van der Waals surface area contributed by atoms with Crippen molar-refractivity contribution in [2.24, 2.45) is 5.73 Å². The average molecular weight is 457 g/mol. The van der Waals surface area contributed by atoms with Crippen LogP contribution in [0, 0.1) is 11.3 Å². The molecule has 170 valence electrons. The zero-order valence-electron chi connectivity index (χ0n) is 18.0. The molecule has 3 aromatic rings. The Morgan fingerprint density at radius 1 is 1.29 bits per heavy atom. The first-order valence-electron chi connectivity index (χ1n) is 10.5. The highest BCUT2D eigenvalue weighted by atomic mass is 16.5. The summed E-state index contributed by atoms with van der Waals surface area (Å²) in [6.07, 6.45) is 0. The summed E-state index contributed by atoms with van der Waals surface area (Å²) in [6, 6.07) is 15.9. The Bertz CT molecular complexity index is 1400. The third kappa shape index (κ3) is 2.77. The maximum absolute atomic E-state index is 14.1. The van der Waals surface area contributed by atoms with E-state index in [1.54, 1.807) is 48.5 Å². The Morgan fingerprint density at radius 3 is 2.71 bits per heavy atom. The van der Waals surface area contributed by atoms with E-state index in [0.29, 0.717) is 40.4 Å². The van der Waals surface area contributed by atoms with Crippen LogP contribution < -0.4 is 20.1 Å². The number of nitrogens with two attached hydrogens (primary N) is 1. The first-order chi connectivity index (χ1) is 16.4. The van der Waals surface area contributed by atoms with E-state index in [1.807, 2.05) is 13.0 Å². The lowest BCUT2D eigenvalue weighted by Gasteiger charge is -2.32. The van der Waals surface area contributed by atoms with Gasteiger partial charge in [0.1, 0.15) is 29.4 Å². The number of nitriles is 1. The molecule has 3 heterocycles. The number of aliphatic carboxylic acids is 1. The summed E-state index contributed by atoms with van der Waals surface area (Å²) in [5.74, 6) is -1.36. The standard InChI is InChI=1S/C24H19N5O5/c1-2-33-14-9-7-13(8-10-14)20-19-22(28-27-20)34-21(26)16(11-25)24(19)15-5-3-4-6-17(15)29(23(24)32)12-18(30)31/h3-10H,2,12,26H2,1H3,(H,27,28)(H,30,31)/t24-/m0/s1. The second-order valence-electron chi connectivity index (χ2n) is 7.74. The van der Waals surface area contributed by atoms with Crippen molar-refractivity contribution in [2.45, 2.75) is 12.3 Å². The molecule has 34 heavy (non-hydrogen) atoms. The molecule has 0 bridgehead atoms. The van der Waals surface area contributed by atoms with Crippen molar-refractivity contribution in [1.29, 1.82) is 5.26 Å². The summed E-state index contributed by atoms with van der Waals surface area (Å²) in [4.78, 5) is 26.8. The van der Waals surface area contributed by atoms with E-state index in [9.17, 15) is 20.0 Å². The summed E-state index contributed by atoms with van der Waals surface area (Å²) in [7, 11) is 0. The Labute approximate surface area is 193 Å². The van der Waals surface area contributed by atoms with E-state index in [-0.39, 0.29) is 17.3 Å². The van der Waals surface area contributed by atoms with Crippen molar-refractivity contribution in [1.82, 2.24) is 10.2 Å². The molecule has 0 saturated carbocycles. The second kappa shape index (κ2) is 7.67. The molecular formula is C24H19N5O5. The van der Waals surface area contributed by atoms with Gasteiger partial charge in [0.15, 0.2) is 0 Å². The number of carbonyl (C=O) groups excluding carboxylic acids is 1. The van der Waals surface area contributed by atoms with Gasteiger partial charge in [-0.05, 0) is 37.3 Å². The predicted octanol–water partition coefficient (Wildman–Crippen LogP) is 2.28. The maximum atomic E-state index is 14.1. The second-order valence-corrected chi connectivity index (χ2v) is 7.74. The number of anilines is 1. The molecule has 2 aromatic carbocycles. The van der Waals surface area contributed by atoms with Gasteiger partial charge in [0.05, 0.1) is 17.9 Å². The van der Waals surface area contributed by atoms with Gasteiger partial charge in [-0.25, -0.2) is 0 Å². The number of nitrogens with zero attached hydrogens (tertiary/aromatic N) is 3. The topological polar surface area (TPSA) is 155 Å². The molecule has 4 N–H and O–H groups in total. The molecule has 0 aliphatic carbocycles. The number of carbonyl (C=O) groups is 2. The number of carboxylic acids is 1. The minimum atomic E-state index is -1.72. The van der Waals surface area contributed by atoms with Crippen LogP contribution in [-0.4, -0.2) is 40.3 Å². The van der Waals surface area contributed by atoms with Crippen LogP contribution in [0.5, 0.6) is 11.6 Å². The fraction of sp³-hybridized carbons (Fsp3) is 0.167. The van der Waals surface area contributed by atoms with Gasteiger partial charge in [-0.15, -0.1) is 5.10 Å². The zero-order valence-corrected chi connectivity index (χ0v) is 18.0.